The standard InChI is InChI=1S/C13H17ClN2O2S/c1-2-19-10-4-3-9(7-10)15-12-6-8(13(17)18)5-11(14)16-12/h5-6,9-10H,2-4,7H2,1H3,(H,15,16)(H,17,18). The molecule has 104 valence electrons. The minimum atomic E-state index is -0.988. The SMILES string of the molecule is CCSC1CCC(Nc2cc(C(=O)O)cc(Cl)n2)C1. The van der Waals surface area contributed by atoms with Crippen LogP contribution in [0.25, 0.3) is 0 Å². The molecular weight excluding hydrogens is 284 g/mol. The smallest absolute Gasteiger partial charge is 0.335 e. The first-order valence-electron chi connectivity index (χ1n) is 6.37. The van der Waals surface area contributed by atoms with Crippen LogP contribution in [0, 0.1) is 0 Å². The number of hydrogen-bond acceptors (Lipinski definition) is 4. The Bertz CT molecular complexity index is 470. The second-order valence-corrected chi connectivity index (χ2v) is 6.57. The van der Waals surface area contributed by atoms with E-state index in [2.05, 4.69) is 17.2 Å². The van der Waals surface area contributed by atoms with Gasteiger partial charge in [-0.05, 0) is 37.1 Å². The number of halogens is 1. The summed E-state index contributed by atoms with van der Waals surface area (Å²) in [6.45, 7) is 2.17. The maximum absolute atomic E-state index is 11.0. The lowest BCUT2D eigenvalue weighted by molar-refractivity contribution is 0.0697. The van der Waals surface area contributed by atoms with Crippen molar-refractivity contribution in [3.8, 4) is 0 Å². The number of aromatic carboxylic acids is 1. The van der Waals surface area contributed by atoms with Gasteiger partial charge in [0.05, 0.1) is 5.56 Å². The van der Waals surface area contributed by atoms with E-state index in [1.807, 2.05) is 11.8 Å². The third kappa shape index (κ3) is 4.01. The average molecular weight is 301 g/mol. The lowest BCUT2D eigenvalue weighted by Crippen LogP contribution is -2.17. The molecule has 0 amide bonds. The van der Waals surface area contributed by atoms with Gasteiger partial charge in [0.2, 0.25) is 0 Å². The summed E-state index contributed by atoms with van der Waals surface area (Å²) in [6, 6.07) is 3.25. The van der Waals surface area contributed by atoms with Gasteiger partial charge in [-0.3, -0.25) is 0 Å². The molecule has 0 aromatic carbocycles. The summed E-state index contributed by atoms with van der Waals surface area (Å²) in [5.74, 6) is 0.700. The zero-order valence-corrected chi connectivity index (χ0v) is 12.3. The zero-order valence-electron chi connectivity index (χ0n) is 10.7. The van der Waals surface area contributed by atoms with Crippen LogP contribution in [-0.4, -0.2) is 33.1 Å². The molecule has 0 radical (unpaired) electrons. The van der Waals surface area contributed by atoms with Crippen LogP contribution in [0.1, 0.15) is 36.5 Å². The van der Waals surface area contributed by atoms with Crippen LogP contribution in [0.2, 0.25) is 5.15 Å². The largest absolute Gasteiger partial charge is 0.478 e. The Morgan fingerprint density at radius 3 is 3.05 bits per heavy atom. The highest BCUT2D eigenvalue weighted by Gasteiger charge is 2.24. The van der Waals surface area contributed by atoms with Gasteiger partial charge >= 0.3 is 5.97 Å². The van der Waals surface area contributed by atoms with Gasteiger partial charge in [0.15, 0.2) is 0 Å². The predicted octanol–water partition coefficient (Wildman–Crippen LogP) is 3.52. The van der Waals surface area contributed by atoms with E-state index >= 15 is 0 Å². The van der Waals surface area contributed by atoms with Crippen molar-refractivity contribution in [3.63, 3.8) is 0 Å². The van der Waals surface area contributed by atoms with E-state index in [-0.39, 0.29) is 10.7 Å². The normalized spacial score (nSPS) is 22.4. The van der Waals surface area contributed by atoms with E-state index in [1.165, 1.54) is 18.6 Å². The summed E-state index contributed by atoms with van der Waals surface area (Å²) in [6.07, 6.45) is 3.38. The summed E-state index contributed by atoms with van der Waals surface area (Å²) in [5, 5.41) is 13.2. The molecule has 1 aliphatic carbocycles. The Balaban J connectivity index is 2.01. The molecule has 0 spiro atoms. The quantitative estimate of drug-likeness (QED) is 0.815. The van der Waals surface area contributed by atoms with E-state index in [0.29, 0.717) is 17.1 Å². The Kier molecular flexibility index (Phi) is 4.93. The lowest BCUT2D eigenvalue weighted by atomic mass is 10.2. The molecule has 1 heterocycles. The van der Waals surface area contributed by atoms with Gasteiger partial charge in [-0.1, -0.05) is 18.5 Å². The number of thioether (sulfide) groups is 1. The van der Waals surface area contributed by atoms with Crippen molar-refractivity contribution in [1.82, 2.24) is 4.98 Å². The lowest BCUT2D eigenvalue weighted by Gasteiger charge is -2.14. The molecule has 2 N–H and O–H groups in total. The summed E-state index contributed by atoms with van der Waals surface area (Å²) in [7, 11) is 0. The Hall–Kier alpha value is -0.940. The number of aromatic nitrogens is 1. The maximum Gasteiger partial charge on any atom is 0.335 e. The average Bonchev–Trinajstić information content (AvgIpc) is 2.76. The van der Waals surface area contributed by atoms with Crippen LogP contribution in [0.5, 0.6) is 0 Å². The molecule has 1 aromatic heterocycles. The van der Waals surface area contributed by atoms with Crippen LogP contribution in [-0.2, 0) is 0 Å². The van der Waals surface area contributed by atoms with Crippen LogP contribution in [0.3, 0.4) is 0 Å². The molecule has 4 nitrogen and oxygen atoms in total. The topological polar surface area (TPSA) is 62.2 Å². The molecule has 19 heavy (non-hydrogen) atoms. The van der Waals surface area contributed by atoms with E-state index in [1.54, 1.807) is 0 Å². The minimum Gasteiger partial charge on any atom is -0.478 e. The Labute approximate surface area is 121 Å². The van der Waals surface area contributed by atoms with Crippen molar-refractivity contribution in [2.24, 2.45) is 0 Å². The van der Waals surface area contributed by atoms with Crippen molar-refractivity contribution in [1.29, 1.82) is 0 Å². The number of nitrogens with zero attached hydrogens (tertiary/aromatic N) is 1. The van der Waals surface area contributed by atoms with E-state index in [9.17, 15) is 4.79 Å². The fraction of sp³-hybridized carbons (Fsp3) is 0.538. The van der Waals surface area contributed by atoms with Crippen molar-refractivity contribution >= 4 is 35.1 Å². The molecule has 2 atom stereocenters. The number of anilines is 1. The highest BCUT2D eigenvalue weighted by molar-refractivity contribution is 7.99. The van der Waals surface area contributed by atoms with Crippen LogP contribution in [0.4, 0.5) is 5.82 Å². The molecule has 1 aromatic rings. The second kappa shape index (κ2) is 6.48. The number of carboxylic acid groups (broad SMARTS) is 1. The van der Waals surface area contributed by atoms with Crippen molar-refractivity contribution in [3.05, 3.63) is 22.8 Å². The third-order valence-electron chi connectivity index (χ3n) is 3.18. The minimum absolute atomic E-state index is 0.167. The number of hydrogen-bond donors (Lipinski definition) is 2. The van der Waals surface area contributed by atoms with Gasteiger partial charge in [-0.25, -0.2) is 9.78 Å². The number of rotatable bonds is 5. The number of carbonyl (C=O) groups is 1. The van der Waals surface area contributed by atoms with E-state index < -0.39 is 5.97 Å². The van der Waals surface area contributed by atoms with E-state index in [4.69, 9.17) is 16.7 Å². The maximum atomic E-state index is 11.0. The zero-order chi connectivity index (χ0) is 13.8. The summed E-state index contributed by atoms with van der Waals surface area (Å²) in [4.78, 5) is 15.1. The molecule has 1 fully saturated rings. The number of carboxylic acids is 1. The molecule has 0 bridgehead atoms. The Morgan fingerprint density at radius 1 is 1.58 bits per heavy atom. The van der Waals surface area contributed by atoms with Crippen molar-refractivity contribution in [2.45, 2.75) is 37.5 Å². The van der Waals surface area contributed by atoms with Gasteiger partial charge in [-0.15, -0.1) is 0 Å². The van der Waals surface area contributed by atoms with Gasteiger partial charge in [0, 0.05) is 11.3 Å². The monoisotopic (exact) mass is 300 g/mol. The second-order valence-electron chi connectivity index (χ2n) is 4.60. The van der Waals surface area contributed by atoms with E-state index in [0.717, 1.165) is 18.6 Å². The van der Waals surface area contributed by atoms with Crippen LogP contribution < -0.4 is 5.32 Å². The van der Waals surface area contributed by atoms with Crippen molar-refractivity contribution in [2.75, 3.05) is 11.1 Å². The first kappa shape index (κ1) is 14.5. The van der Waals surface area contributed by atoms with Gasteiger partial charge in [-0.2, -0.15) is 11.8 Å². The first-order valence-corrected chi connectivity index (χ1v) is 7.80. The van der Waals surface area contributed by atoms with Gasteiger partial charge < -0.3 is 10.4 Å². The molecule has 0 saturated heterocycles. The van der Waals surface area contributed by atoms with Crippen molar-refractivity contribution < 1.29 is 9.90 Å². The summed E-state index contributed by atoms with van der Waals surface area (Å²) in [5.41, 5.74) is 0.167. The number of nitrogens with one attached hydrogen (secondary N) is 1. The summed E-state index contributed by atoms with van der Waals surface area (Å²) < 4.78 is 0. The molecule has 1 saturated carbocycles. The molecular formula is C13H17ClN2O2S. The fourth-order valence-electron chi connectivity index (χ4n) is 2.36. The molecule has 2 rings (SSSR count). The predicted molar refractivity (Wildman–Crippen MR) is 79.4 cm³/mol. The molecule has 1 aliphatic rings. The third-order valence-corrected chi connectivity index (χ3v) is 4.61. The molecule has 6 heteroatoms. The van der Waals surface area contributed by atoms with Gasteiger partial charge in [0.1, 0.15) is 11.0 Å². The Morgan fingerprint density at radius 2 is 2.37 bits per heavy atom. The first-order chi connectivity index (χ1) is 9.08. The highest BCUT2D eigenvalue weighted by Crippen LogP contribution is 2.31. The van der Waals surface area contributed by atoms with Crippen LogP contribution >= 0.6 is 23.4 Å². The van der Waals surface area contributed by atoms with Gasteiger partial charge in [0.25, 0.3) is 0 Å². The highest BCUT2D eigenvalue weighted by atomic mass is 35.5. The van der Waals surface area contributed by atoms with Crippen LogP contribution in [0.15, 0.2) is 12.1 Å². The summed E-state index contributed by atoms with van der Waals surface area (Å²) >= 11 is 7.82. The molecule has 0 aliphatic heterocycles. The molecule has 2 unspecified atom stereocenters. The fourth-order valence-corrected chi connectivity index (χ4v) is 3.71. The number of pyridine rings is 1.